The number of benzene rings is 12. The molecule has 0 unspecified atom stereocenters. The number of anilines is 4. The molecule has 7 heterocycles. The van der Waals surface area contributed by atoms with Crippen molar-refractivity contribution in [2.24, 2.45) is 0 Å². The maximum atomic E-state index is 14.6. The average molecular weight is 1840 g/mol. The molecule has 0 fully saturated rings. The van der Waals surface area contributed by atoms with Crippen LogP contribution < -0.4 is 45.1 Å². The Kier molecular flexibility index (Phi) is 28.8. The van der Waals surface area contributed by atoms with Crippen molar-refractivity contribution in [1.29, 1.82) is 0 Å². The van der Waals surface area contributed by atoms with E-state index in [9.17, 15) is 19.2 Å². The molecule has 24 heteroatoms. The van der Waals surface area contributed by atoms with Gasteiger partial charge < -0.3 is 0 Å². The molecule has 12 aromatic carbocycles. The predicted octanol–water partition coefficient (Wildman–Crippen LogP) is 17.3. The summed E-state index contributed by atoms with van der Waals surface area (Å²) < 4.78 is 19.2. The third-order valence-corrected chi connectivity index (χ3v) is 76.1. The van der Waals surface area contributed by atoms with E-state index in [1.165, 1.54) is 0 Å². The van der Waals surface area contributed by atoms with Crippen LogP contribution in [0.1, 0.15) is 22.3 Å². The van der Waals surface area contributed by atoms with Crippen LogP contribution in [0.2, 0.25) is 0 Å². The van der Waals surface area contributed by atoms with Gasteiger partial charge >= 0.3 is 701 Å². The zero-order chi connectivity index (χ0) is 77.5. The summed E-state index contributed by atoms with van der Waals surface area (Å²) in [5.74, 6) is 0.982. The Morgan fingerprint density at radius 1 is 0.250 bits per heavy atom. The number of ether oxygens (including phenoxy) is 2. The van der Waals surface area contributed by atoms with Crippen molar-refractivity contribution in [3.05, 3.63) is 362 Å². The monoisotopic (exact) mass is 1840 g/mol. The molecule has 0 spiro atoms. The molecule has 7 aliphatic heterocycles. The fourth-order valence-corrected chi connectivity index (χ4v) is 76.3. The summed E-state index contributed by atoms with van der Waals surface area (Å²) in [5.41, 5.74) is 6.08. The number of thiocarbonyl (C=S) groups is 4. The molecule has 14 nitrogen and oxygen atoms in total. The van der Waals surface area contributed by atoms with Gasteiger partial charge in [-0.15, -0.1) is 0 Å². The van der Waals surface area contributed by atoms with Crippen LogP contribution in [0.15, 0.2) is 340 Å². The van der Waals surface area contributed by atoms with Gasteiger partial charge in [-0.3, -0.25) is 0 Å². The summed E-state index contributed by atoms with van der Waals surface area (Å²) in [7, 11) is 6.50. The second-order valence-electron chi connectivity index (χ2n) is 26.0. The van der Waals surface area contributed by atoms with E-state index in [-0.39, 0.29) is 49.8 Å². The first-order valence-electron chi connectivity index (χ1n) is 35.9. The van der Waals surface area contributed by atoms with E-state index in [1.54, 1.807) is 133 Å². The summed E-state index contributed by atoms with van der Waals surface area (Å²) >= 11 is 17.5. The molecule has 112 heavy (non-hydrogen) atoms. The molecule has 0 aliphatic carbocycles. The number of amides is 4. The van der Waals surface area contributed by atoms with Crippen LogP contribution in [-0.2, 0) is 45.4 Å². The van der Waals surface area contributed by atoms with Crippen molar-refractivity contribution in [2.75, 3.05) is 47.4 Å². The van der Waals surface area contributed by atoms with Crippen molar-refractivity contribution < 1.29 is 28.7 Å². The van der Waals surface area contributed by atoms with E-state index < -0.39 is 31.2 Å². The molecule has 7 aliphatic rings. The minimum atomic E-state index is -4.48. The Morgan fingerprint density at radius 3 is 0.598 bits per heavy atom. The van der Waals surface area contributed by atoms with Gasteiger partial charge in [-0.25, -0.2) is 0 Å². The van der Waals surface area contributed by atoms with Gasteiger partial charge in [0.25, 0.3) is 0 Å². The molecular weight excluding hydrogens is 1760 g/mol. The fraction of sp³-hybridized carbons (Fsp3) is 0.0909. The molecule has 4 N–H and O–H groups in total. The van der Waals surface area contributed by atoms with Crippen molar-refractivity contribution >= 4 is 194 Å². The van der Waals surface area contributed by atoms with Crippen molar-refractivity contribution in [3.8, 4) is 23.0 Å². The van der Waals surface area contributed by atoms with Crippen LogP contribution in [-0.4, -0.2) is 118 Å². The quantitative estimate of drug-likeness (QED) is 0.0678. The van der Waals surface area contributed by atoms with Crippen LogP contribution in [0, 0.1) is 0 Å². The van der Waals surface area contributed by atoms with Gasteiger partial charge in [0.15, 0.2) is 0 Å². The van der Waals surface area contributed by atoms with Gasteiger partial charge in [0.1, 0.15) is 0 Å². The van der Waals surface area contributed by atoms with Gasteiger partial charge in [0.05, 0.1) is 0 Å². The van der Waals surface area contributed by atoms with Gasteiger partial charge in [-0.1, -0.05) is 0 Å². The standard InChI is InChI=1S/2C32H30N4O3S4.4C6H5.2Sn/c2*37-29(21-35(31(40)41)19-23-7-3-1-4-8-23)33-25-11-15-27(16-12-25)39-28-17-13-26(14-18-28)34-30(38)22-36(32(42)43)20-24-9-5-2-6-10-24;4*1-2-4-6-5-3-1;;/h2*1-18H,19-22H2,(H,33,37)(H,34,38)(H,40,41)(H,42,43);4*1-5H;;/q;;;;;;2*+2/p-4. The molecular formula is C88H76N8O6S8Sn2. The van der Waals surface area contributed by atoms with Crippen molar-refractivity contribution in [1.82, 2.24) is 19.6 Å². The minimum absolute atomic E-state index is 0.0741. The Bertz CT molecular complexity index is 4540. The van der Waals surface area contributed by atoms with Crippen LogP contribution in [0.25, 0.3) is 0 Å². The number of nitrogens with one attached hydrogen (secondary N) is 4. The number of hydrogen-bond donors (Lipinski definition) is 4. The summed E-state index contributed by atoms with van der Waals surface area (Å²) in [6, 6.07) is 110. The predicted molar refractivity (Wildman–Crippen MR) is 484 cm³/mol. The fourth-order valence-electron chi connectivity index (χ4n) is 12.4. The number of carbonyl (C=O) groups excluding carboxylic acids is 4. The second-order valence-corrected chi connectivity index (χ2v) is 71.5. The Morgan fingerprint density at radius 2 is 0.420 bits per heavy atom. The molecule has 4 amide bonds. The van der Waals surface area contributed by atoms with Crippen molar-refractivity contribution in [3.63, 3.8) is 0 Å². The maximum absolute atomic E-state index is 14.6. The molecule has 12 aromatic rings. The Balaban J connectivity index is 0.816. The summed E-state index contributed by atoms with van der Waals surface area (Å²) in [6.07, 6.45) is 0. The normalized spacial score (nSPS) is 15.3. The van der Waals surface area contributed by atoms with E-state index in [0.29, 0.717) is 89.2 Å². The number of nitrogens with zero attached hydrogens (tertiary/aromatic N) is 4. The van der Waals surface area contributed by atoms with Crippen LogP contribution in [0.4, 0.5) is 22.7 Å². The first kappa shape index (κ1) is 80.7. The third kappa shape index (κ3) is 22.5. The van der Waals surface area contributed by atoms with Gasteiger partial charge in [-0.05, 0) is 0 Å². The second kappa shape index (κ2) is 39.9. The SMILES string of the molecule is O=C1CN(Cc2ccccc2)C(=S)[S][Sn]([c]2ccccc2)([c]2ccccc2)[S]C(=S)N(Cc2ccccc2)CC(=O)Nc2ccc(cc2)Oc2ccc(cc2)NC(=O)CN(Cc2ccccc2)C(=S)[S][Sn]([c]2ccccc2)([c]2ccccc2)[S]C(=S)N(Cc2ccccc2)CC(=O)Nc2ccc(cc2)Oc2ccc(cc2)N1. The zero-order valence-corrected chi connectivity index (χ0v) is 72.7. The summed E-state index contributed by atoms with van der Waals surface area (Å²) in [4.78, 5) is 66.1. The summed E-state index contributed by atoms with van der Waals surface area (Å²) in [6.45, 7) is 1.07. The average Bonchev–Trinajstić information content (AvgIpc) is 0.770. The molecule has 0 aromatic heterocycles. The first-order valence-corrected chi connectivity index (χ1v) is 60.5. The van der Waals surface area contributed by atoms with Crippen LogP contribution in [0.3, 0.4) is 0 Å². The van der Waals surface area contributed by atoms with Crippen molar-refractivity contribution in [2.45, 2.75) is 26.2 Å². The first-order chi connectivity index (χ1) is 54.6. The molecule has 0 atom stereocenters. The van der Waals surface area contributed by atoms with Gasteiger partial charge in [-0.2, -0.15) is 0 Å². The Hall–Kier alpha value is -9.32. The van der Waals surface area contributed by atoms with Gasteiger partial charge in [0.2, 0.25) is 0 Å². The Labute approximate surface area is 693 Å². The molecule has 0 saturated carbocycles. The van der Waals surface area contributed by atoms with E-state index in [2.05, 4.69) is 69.8 Å². The number of hydrogen-bond acceptors (Lipinski definition) is 14. The van der Waals surface area contributed by atoms with E-state index in [1.807, 2.05) is 214 Å². The molecule has 19 rings (SSSR count). The molecule has 0 saturated heterocycles. The van der Waals surface area contributed by atoms with Crippen LogP contribution >= 0.6 is 84.7 Å². The van der Waals surface area contributed by atoms with E-state index >= 15 is 0 Å². The third-order valence-electron chi connectivity index (χ3n) is 17.8. The zero-order valence-electron chi connectivity index (χ0n) is 60.5. The van der Waals surface area contributed by atoms with Gasteiger partial charge in [0, 0.05) is 0 Å². The number of carbonyl (C=O) groups is 4. The number of rotatable bonds is 12. The topological polar surface area (TPSA) is 148 Å². The summed E-state index contributed by atoms with van der Waals surface area (Å²) in [5, 5.41) is 12.5. The van der Waals surface area contributed by atoms with Crippen LogP contribution in [0.5, 0.6) is 23.0 Å². The van der Waals surface area contributed by atoms with E-state index in [4.69, 9.17) is 58.3 Å². The molecule has 0 radical (unpaired) electrons. The van der Waals surface area contributed by atoms with E-state index in [0.717, 1.165) is 36.6 Å². The molecule has 560 valence electrons. The molecule has 8 bridgehead atoms.